The topological polar surface area (TPSA) is 275 Å². The van der Waals surface area contributed by atoms with Crippen molar-refractivity contribution in [1.82, 2.24) is 9.97 Å². The third kappa shape index (κ3) is 9.31. The number of carbonyl (C=O) groups excluding carboxylic acids is 1. The minimum absolute atomic E-state index is 0. The molecule has 0 aliphatic carbocycles. The number of aliphatic carboxylic acids is 1. The van der Waals surface area contributed by atoms with Gasteiger partial charge in [-0.25, -0.2) is 18.2 Å². The summed E-state index contributed by atoms with van der Waals surface area (Å²) < 4.78 is 90.3. The van der Waals surface area contributed by atoms with Crippen LogP contribution < -0.4 is 91.3 Å². The van der Waals surface area contributed by atoms with Gasteiger partial charge in [0.05, 0.1) is 26.9 Å². The summed E-state index contributed by atoms with van der Waals surface area (Å²) in [5, 5.41) is 23.8. The van der Waals surface area contributed by atoms with Gasteiger partial charge in [0, 0.05) is 17.5 Å². The van der Waals surface area contributed by atoms with E-state index in [1.807, 2.05) is 0 Å². The van der Waals surface area contributed by atoms with Crippen LogP contribution in [0.5, 0.6) is 0 Å². The Labute approximate surface area is 343 Å². The molecule has 48 heavy (non-hydrogen) atoms. The first kappa shape index (κ1) is 42.4. The number of carboxylic acid groups (broad SMARTS) is 1. The summed E-state index contributed by atoms with van der Waals surface area (Å²) in [5.74, 6) is -2.93. The zero-order chi connectivity index (χ0) is 34.5. The van der Waals surface area contributed by atoms with Crippen molar-refractivity contribution in [3.8, 4) is 0 Å². The van der Waals surface area contributed by atoms with E-state index < -0.39 is 68.7 Å². The van der Waals surface area contributed by atoms with Crippen LogP contribution in [-0.4, -0.2) is 79.3 Å². The third-order valence-electron chi connectivity index (χ3n) is 6.34. The van der Waals surface area contributed by atoms with Crippen LogP contribution in [0, 0.1) is 20.8 Å². The Balaban J connectivity index is 0.00000400. The van der Waals surface area contributed by atoms with E-state index >= 15 is 0 Å². The van der Waals surface area contributed by atoms with Crippen molar-refractivity contribution in [2.24, 2.45) is 15.3 Å². The molecule has 1 atom stereocenters. The van der Waals surface area contributed by atoms with Crippen molar-refractivity contribution in [1.29, 1.82) is 0 Å². The molecule has 2 heterocycles. The molecule has 24 heteroatoms. The number of nitrogens with one attached hydrogen (secondary N) is 1. The molecular formula is C24H22ClKN7NaO11S3+2. The van der Waals surface area contributed by atoms with Crippen LogP contribution in [0.3, 0.4) is 0 Å². The summed E-state index contributed by atoms with van der Waals surface area (Å²) >= 11 is 6.26. The van der Waals surface area contributed by atoms with Crippen molar-refractivity contribution in [3.05, 3.63) is 52.2 Å². The molecule has 0 bridgehead atoms. The molecule has 0 saturated heterocycles. The molecule has 2 aromatic carbocycles. The Kier molecular flexibility index (Phi) is 13.8. The number of rotatable bonds is 9. The van der Waals surface area contributed by atoms with Crippen LogP contribution in [-0.2, 0) is 39.7 Å². The number of azo groups is 1. The fourth-order valence-electron chi connectivity index (χ4n) is 3.99. The van der Waals surface area contributed by atoms with E-state index in [1.165, 1.54) is 20.8 Å². The van der Waals surface area contributed by atoms with Gasteiger partial charge in [0.2, 0.25) is 21.0 Å². The van der Waals surface area contributed by atoms with Crippen molar-refractivity contribution < 1.29 is 130 Å². The second-order valence-electron chi connectivity index (χ2n) is 9.72. The fourth-order valence-corrected chi connectivity index (χ4v) is 5.78. The van der Waals surface area contributed by atoms with Gasteiger partial charge >= 0.3 is 86.9 Å². The van der Waals surface area contributed by atoms with Gasteiger partial charge in [-0.15, -0.1) is 0 Å². The van der Waals surface area contributed by atoms with E-state index in [1.54, 1.807) is 0 Å². The SMILES string of the molecule is Cc1cc(S(=O)(=O)O)ccc1N1N=C(C(=O)O)C(N=Nc2cc(S(=O)(=O)O)cc(Nc3nc(S(C)(=O)=O)nc(C)c3Cl)c2C)C1=O.[K+].[Na+]. The van der Waals surface area contributed by atoms with Gasteiger partial charge in [-0.05, 0) is 56.7 Å². The van der Waals surface area contributed by atoms with Crippen molar-refractivity contribution >= 4 is 82.1 Å². The molecule has 244 valence electrons. The minimum atomic E-state index is -4.90. The number of sulfone groups is 1. The molecule has 0 radical (unpaired) electrons. The van der Waals surface area contributed by atoms with Gasteiger partial charge in [-0.3, -0.25) is 13.9 Å². The molecular weight excluding hydrogens is 756 g/mol. The molecule has 18 nitrogen and oxygen atoms in total. The molecule has 0 fully saturated rings. The zero-order valence-electron chi connectivity index (χ0n) is 25.9. The number of carbonyl (C=O) groups is 2. The molecule has 1 aliphatic rings. The van der Waals surface area contributed by atoms with Crippen LogP contribution in [0.4, 0.5) is 22.9 Å². The average Bonchev–Trinajstić information content (AvgIpc) is 3.25. The molecule has 4 rings (SSSR count). The smallest absolute Gasteiger partial charge is 0.477 e. The first-order valence-electron chi connectivity index (χ1n) is 12.4. The van der Waals surface area contributed by atoms with Crippen LogP contribution in [0.1, 0.15) is 16.8 Å². The minimum Gasteiger partial charge on any atom is -0.477 e. The van der Waals surface area contributed by atoms with E-state index in [2.05, 4.69) is 30.6 Å². The Morgan fingerprint density at radius 1 is 0.979 bits per heavy atom. The fraction of sp³-hybridized carbons (Fsp3) is 0.208. The van der Waals surface area contributed by atoms with Crippen LogP contribution in [0.25, 0.3) is 0 Å². The first-order chi connectivity index (χ1) is 21.1. The van der Waals surface area contributed by atoms with Crippen LogP contribution >= 0.6 is 11.6 Å². The molecule has 4 N–H and O–H groups in total. The number of hydrogen-bond donors (Lipinski definition) is 4. The molecule has 0 saturated carbocycles. The largest absolute Gasteiger partial charge is 1.00 e. The Morgan fingerprint density at radius 3 is 2.10 bits per heavy atom. The molecule has 0 spiro atoms. The number of hydrazone groups is 1. The van der Waals surface area contributed by atoms with Gasteiger partial charge < -0.3 is 10.4 Å². The number of amides is 1. The van der Waals surface area contributed by atoms with Crippen LogP contribution in [0.15, 0.2) is 60.6 Å². The van der Waals surface area contributed by atoms with E-state index in [0.29, 0.717) is 5.01 Å². The van der Waals surface area contributed by atoms with Crippen molar-refractivity contribution in [2.75, 3.05) is 16.6 Å². The summed E-state index contributed by atoms with van der Waals surface area (Å²) in [4.78, 5) is 31.8. The molecule has 1 amide bonds. The van der Waals surface area contributed by atoms with Gasteiger partial charge in [0.1, 0.15) is 5.02 Å². The molecule has 3 aromatic rings. The summed E-state index contributed by atoms with van der Waals surface area (Å²) in [6, 6.07) is 3.10. The Morgan fingerprint density at radius 2 is 1.58 bits per heavy atom. The van der Waals surface area contributed by atoms with Gasteiger partial charge in [-0.2, -0.15) is 42.2 Å². The quantitative estimate of drug-likeness (QED) is 0.0716. The zero-order valence-corrected chi connectivity index (χ0v) is 34.2. The van der Waals surface area contributed by atoms with Crippen molar-refractivity contribution in [2.45, 2.75) is 41.8 Å². The van der Waals surface area contributed by atoms with E-state index in [-0.39, 0.29) is 126 Å². The second kappa shape index (κ2) is 15.6. The number of aryl methyl sites for hydroxylation is 2. The second-order valence-corrected chi connectivity index (χ2v) is 14.9. The number of halogens is 1. The predicted molar refractivity (Wildman–Crippen MR) is 161 cm³/mol. The normalized spacial score (nSPS) is 15.1. The maximum atomic E-state index is 13.3. The van der Waals surface area contributed by atoms with Gasteiger partial charge in [0.15, 0.2) is 11.5 Å². The Bertz CT molecular complexity index is 2240. The summed E-state index contributed by atoms with van der Waals surface area (Å²) in [6.07, 6.45) is 0.859. The van der Waals surface area contributed by atoms with Crippen LogP contribution in [0.2, 0.25) is 5.02 Å². The predicted octanol–water partition coefficient (Wildman–Crippen LogP) is -3.36. The monoisotopic (exact) mass is 777 g/mol. The van der Waals surface area contributed by atoms with Gasteiger partial charge in [-0.1, -0.05) is 11.6 Å². The van der Waals surface area contributed by atoms with E-state index in [9.17, 15) is 49.1 Å². The van der Waals surface area contributed by atoms with Crippen molar-refractivity contribution in [3.63, 3.8) is 0 Å². The summed E-state index contributed by atoms with van der Waals surface area (Å²) in [5.41, 5.74) is -0.912. The Hall–Kier alpha value is -1.77. The average molecular weight is 778 g/mol. The molecule has 1 aliphatic heterocycles. The van der Waals surface area contributed by atoms with Gasteiger partial charge in [0.25, 0.3) is 26.1 Å². The number of anilines is 3. The van der Waals surface area contributed by atoms with E-state index in [0.717, 1.165) is 36.6 Å². The maximum absolute atomic E-state index is 13.3. The summed E-state index contributed by atoms with van der Waals surface area (Å²) in [7, 11) is -13.4. The number of hydrogen-bond acceptors (Lipinski definition) is 14. The van der Waals surface area contributed by atoms with E-state index in [4.69, 9.17) is 11.6 Å². The first-order valence-corrected chi connectivity index (χ1v) is 17.5. The standard InChI is InChI=1S/C24H22ClN7O11S3.K.Na/c1-10-7-13(45(38,39)40)5-6-17(10)32-22(33)19(20(31-32)23(34)35)30-29-16-9-14(46(41,42)43)8-15(11(16)2)27-21-18(25)12(3)26-24(28-21)44(4,36)37;;/h5-9,19H,1-4H3,(H,34,35)(H,26,27,28)(H,38,39,40)(H,41,42,43);;/q;2*+1. The molecule has 1 aromatic heterocycles. The number of aromatic nitrogens is 2. The number of carboxylic acids is 1. The molecule has 1 unspecified atom stereocenters. The maximum Gasteiger partial charge on any atom is 1.00 e. The summed E-state index contributed by atoms with van der Waals surface area (Å²) in [6.45, 7) is 4.18. The third-order valence-corrected chi connectivity index (χ3v) is 9.32. The number of benzene rings is 2. The number of nitrogens with zero attached hydrogens (tertiary/aromatic N) is 6.